The Balaban J connectivity index is 1.49. The van der Waals surface area contributed by atoms with E-state index in [0.717, 1.165) is 15.6 Å². The number of rotatable bonds is 14. The van der Waals surface area contributed by atoms with Crippen LogP contribution >= 0.6 is 15.9 Å². The minimum atomic E-state index is -0.824. The molecule has 9 nitrogen and oxygen atoms in total. The predicted octanol–water partition coefficient (Wildman–Crippen LogP) is 7.53. The summed E-state index contributed by atoms with van der Waals surface area (Å²) < 4.78 is 45.3. The Morgan fingerprint density at radius 2 is 1.22 bits per heavy atom. The van der Waals surface area contributed by atoms with Gasteiger partial charge in [-0.15, -0.1) is 0 Å². The lowest BCUT2D eigenvalue weighted by Crippen LogP contribution is -2.58. The van der Waals surface area contributed by atoms with Crippen molar-refractivity contribution in [2.24, 2.45) is 23.7 Å². The summed E-state index contributed by atoms with van der Waals surface area (Å²) in [7, 11) is 0. The molecule has 0 N–H and O–H groups in total. The molecule has 0 saturated carbocycles. The molecular weight excluding hydrogens is 704 g/mol. The minimum Gasteiger partial charge on any atom is -0.463 e. The van der Waals surface area contributed by atoms with Crippen LogP contribution in [0.3, 0.4) is 0 Å². The van der Waals surface area contributed by atoms with E-state index in [1.54, 1.807) is 0 Å². The summed E-state index contributed by atoms with van der Waals surface area (Å²) in [5.74, 6) is -0.272. The van der Waals surface area contributed by atoms with Gasteiger partial charge in [-0.25, -0.2) is 0 Å². The number of esters is 2. The van der Waals surface area contributed by atoms with Crippen molar-refractivity contribution >= 4 is 27.9 Å². The van der Waals surface area contributed by atoms with Crippen molar-refractivity contribution in [2.45, 2.75) is 91.1 Å². The molecular formula is C40H49BrO9. The first kappa shape index (κ1) is 38.0. The summed E-state index contributed by atoms with van der Waals surface area (Å²) in [5.41, 5.74) is 2.09. The molecule has 0 spiro atoms. The molecule has 3 aromatic carbocycles. The van der Waals surface area contributed by atoms with Crippen molar-refractivity contribution in [1.82, 2.24) is 0 Å². The molecule has 2 aliphatic rings. The fourth-order valence-electron chi connectivity index (χ4n) is 6.90. The second-order valence-electron chi connectivity index (χ2n) is 13.4. The minimum absolute atomic E-state index is 0.0629. The Morgan fingerprint density at radius 1 is 0.660 bits per heavy atom. The summed E-state index contributed by atoms with van der Waals surface area (Å²) in [5, 5.41) is 0. The molecule has 3 aromatic rings. The van der Waals surface area contributed by atoms with Crippen LogP contribution in [0.2, 0.25) is 0 Å². The molecule has 0 aromatic heterocycles. The van der Waals surface area contributed by atoms with E-state index in [0.29, 0.717) is 25.4 Å². The van der Waals surface area contributed by atoms with E-state index in [1.165, 1.54) is 13.8 Å². The van der Waals surface area contributed by atoms with E-state index in [9.17, 15) is 9.59 Å². The number of halogens is 1. The van der Waals surface area contributed by atoms with Gasteiger partial charge in [0.05, 0.1) is 37.6 Å². The molecule has 10 atom stereocenters. The van der Waals surface area contributed by atoms with Crippen LogP contribution in [0.15, 0.2) is 89.4 Å². The maximum Gasteiger partial charge on any atom is 0.302 e. The average Bonchev–Trinajstić information content (AvgIpc) is 3.10. The van der Waals surface area contributed by atoms with Gasteiger partial charge < -0.3 is 33.2 Å². The van der Waals surface area contributed by atoms with Crippen molar-refractivity contribution in [3.05, 3.63) is 101 Å². The van der Waals surface area contributed by atoms with Gasteiger partial charge in [-0.2, -0.15) is 0 Å². The molecule has 2 aliphatic heterocycles. The number of carbonyl (C=O) groups excluding carboxylic acids is 2. The number of hydrogen-bond acceptors (Lipinski definition) is 9. The van der Waals surface area contributed by atoms with Gasteiger partial charge in [-0.3, -0.25) is 9.59 Å². The maximum absolute atomic E-state index is 12.0. The summed E-state index contributed by atoms with van der Waals surface area (Å²) in [6.45, 7) is 10.2. The quantitative estimate of drug-likeness (QED) is 0.155. The zero-order valence-electron chi connectivity index (χ0n) is 29.4. The predicted molar refractivity (Wildman–Crippen MR) is 191 cm³/mol. The third-order valence-electron chi connectivity index (χ3n) is 9.94. The van der Waals surface area contributed by atoms with Gasteiger partial charge in [0.25, 0.3) is 0 Å². The van der Waals surface area contributed by atoms with Gasteiger partial charge in [0.2, 0.25) is 6.29 Å². The van der Waals surface area contributed by atoms with Crippen LogP contribution in [-0.2, 0) is 51.2 Å². The van der Waals surface area contributed by atoms with Gasteiger partial charge in [-0.05, 0) is 59.4 Å². The fourth-order valence-corrected chi connectivity index (χ4v) is 7.28. The second-order valence-corrected chi connectivity index (χ2v) is 14.4. The molecule has 270 valence electrons. The van der Waals surface area contributed by atoms with Gasteiger partial charge in [0, 0.05) is 18.3 Å². The van der Waals surface area contributed by atoms with E-state index in [4.69, 9.17) is 33.2 Å². The molecule has 5 rings (SSSR count). The van der Waals surface area contributed by atoms with Gasteiger partial charge >= 0.3 is 11.9 Å². The van der Waals surface area contributed by atoms with E-state index in [2.05, 4.69) is 36.7 Å². The van der Waals surface area contributed by atoms with Crippen molar-refractivity contribution in [2.75, 3.05) is 13.2 Å². The topological polar surface area (TPSA) is 98.8 Å². The highest BCUT2D eigenvalue weighted by Gasteiger charge is 2.50. The molecule has 0 radical (unpaired) electrons. The van der Waals surface area contributed by atoms with Crippen molar-refractivity contribution in [1.29, 1.82) is 0 Å². The molecule has 0 aliphatic carbocycles. The van der Waals surface area contributed by atoms with E-state index in [1.807, 2.05) is 84.9 Å². The van der Waals surface area contributed by atoms with E-state index >= 15 is 0 Å². The molecule has 10 heteroatoms. The lowest BCUT2D eigenvalue weighted by Gasteiger charge is -2.49. The normalized spacial score (nSPS) is 29.6. The number of benzene rings is 3. The molecule has 2 heterocycles. The SMILES string of the molecule is CC(=O)OC[C@H]1O[C@H](C[C@H]2[C@H](C)[C@@H](COC(C)=O)O[C@H](Oc3cccc(Br)c3)[C@H]2OCc2ccccc2)[C@@H](OCc2ccccc2)[C@@H](C)[C@@H]1C. The summed E-state index contributed by atoms with van der Waals surface area (Å²) in [6, 6.07) is 27.7. The average molecular weight is 754 g/mol. The highest BCUT2D eigenvalue weighted by Crippen LogP contribution is 2.42. The number of carbonyl (C=O) groups is 2. The molecule has 2 fully saturated rings. The molecule has 0 unspecified atom stereocenters. The van der Waals surface area contributed by atoms with Crippen molar-refractivity contribution in [3.8, 4) is 5.75 Å². The Bertz CT molecular complexity index is 1500. The van der Waals surface area contributed by atoms with Gasteiger partial charge in [0.15, 0.2) is 0 Å². The Kier molecular flexibility index (Phi) is 13.9. The van der Waals surface area contributed by atoms with Crippen LogP contribution < -0.4 is 4.74 Å². The van der Waals surface area contributed by atoms with Crippen LogP contribution in [0.1, 0.15) is 52.2 Å². The van der Waals surface area contributed by atoms with Crippen LogP contribution in [0, 0.1) is 23.7 Å². The maximum atomic E-state index is 12.0. The summed E-state index contributed by atoms with van der Waals surface area (Å²) >= 11 is 3.55. The number of hydrogen-bond donors (Lipinski definition) is 0. The molecule has 50 heavy (non-hydrogen) atoms. The largest absolute Gasteiger partial charge is 0.463 e. The molecule has 0 bridgehead atoms. The monoisotopic (exact) mass is 752 g/mol. The second kappa shape index (κ2) is 18.3. The third kappa shape index (κ3) is 10.4. The Labute approximate surface area is 304 Å². The van der Waals surface area contributed by atoms with E-state index < -0.39 is 18.5 Å². The smallest absolute Gasteiger partial charge is 0.302 e. The van der Waals surface area contributed by atoms with Crippen molar-refractivity contribution in [3.63, 3.8) is 0 Å². The zero-order chi connectivity index (χ0) is 35.6. The van der Waals surface area contributed by atoms with E-state index in [-0.39, 0.29) is 67.1 Å². The lowest BCUT2D eigenvalue weighted by molar-refractivity contribution is -0.274. The van der Waals surface area contributed by atoms with Gasteiger partial charge in [0.1, 0.15) is 25.1 Å². The standard InChI is InChI=1S/C40H49BrO9/c1-25-26(2)38(46-21-30-13-8-6-9-14-30)35(49-36(25)23-44-28(4)42)20-34-27(3)37(24-45-29(5)43)50-40(48-33-18-12-17-32(41)19-33)39(34)47-22-31-15-10-7-11-16-31/h6-19,25-27,34-40H,20-24H2,1-5H3/t25-,26-,27-,34-,35+,36+,37+,38-,39-,40-/m0/s1. The van der Waals surface area contributed by atoms with Crippen LogP contribution in [0.5, 0.6) is 5.75 Å². The first-order valence-corrected chi connectivity index (χ1v) is 18.2. The Morgan fingerprint density at radius 3 is 1.78 bits per heavy atom. The number of ether oxygens (including phenoxy) is 7. The highest BCUT2D eigenvalue weighted by molar-refractivity contribution is 9.10. The fraction of sp³-hybridized carbons (Fsp3) is 0.500. The molecule has 2 saturated heterocycles. The zero-order valence-corrected chi connectivity index (χ0v) is 31.0. The summed E-state index contributed by atoms with van der Waals surface area (Å²) in [6.07, 6.45) is -2.25. The van der Waals surface area contributed by atoms with Crippen LogP contribution in [-0.4, -0.2) is 62.0 Å². The first-order chi connectivity index (χ1) is 24.1. The van der Waals surface area contributed by atoms with Crippen LogP contribution in [0.4, 0.5) is 0 Å². The highest BCUT2D eigenvalue weighted by atomic mass is 79.9. The van der Waals surface area contributed by atoms with Crippen LogP contribution in [0.25, 0.3) is 0 Å². The first-order valence-electron chi connectivity index (χ1n) is 17.4. The lowest BCUT2D eigenvalue weighted by atomic mass is 9.74. The van der Waals surface area contributed by atoms with Gasteiger partial charge in [-0.1, -0.05) is 103 Å². The summed E-state index contributed by atoms with van der Waals surface area (Å²) in [4.78, 5) is 23.8. The Hall–Kier alpha value is -3.28. The third-order valence-corrected chi connectivity index (χ3v) is 10.4. The molecule has 0 amide bonds. The van der Waals surface area contributed by atoms with Crippen molar-refractivity contribution < 1.29 is 42.7 Å².